The van der Waals surface area contributed by atoms with E-state index in [9.17, 15) is 13.5 Å². The van der Waals surface area contributed by atoms with Gasteiger partial charge in [-0.1, -0.05) is 78.9 Å². The van der Waals surface area contributed by atoms with Crippen LogP contribution in [0.3, 0.4) is 0 Å². The van der Waals surface area contributed by atoms with Crippen LogP contribution in [0, 0.1) is 0 Å². The van der Waals surface area contributed by atoms with Gasteiger partial charge in [0.1, 0.15) is 0 Å². The number of halogens is 1. The number of rotatable bonds is 5. The molecular weight excluding hydrogens is 339 g/mol. The summed E-state index contributed by atoms with van der Waals surface area (Å²) in [4.78, 5) is -0.173. The molecule has 1 atom stereocenters. The van der Waals surface area contributed by atoms with E-state index in [1.54, 1.807) is 42.5 Å². The molecule has 0 radical (unpaired) electrons. The molecular formula is C20H17FO3S. The Morgan fingerprint density at radius 3 is 1.48 bits per heavy atom. The van der Waals surface area contributed by atoms with Gasteiger partial charge in [0, 0.05) is 0 Å². The molecule has 0 heterocycles. The summed E-state index contributed by atoms with van der Waals surface area (Å²) in [5.74, 6) is 0. The highest BCUT2D eigenvalue weighted by Crippen LogP contribution is 2.39. The van der Waals surface area contributed by atoms with Crippen molar-refractivity contribution in [3.05, 3.63) is 102 Å². The van der Waals surface area contributed by atoms with Gasteiger partial charge in [0.2, 0.25) is 15.3 Å². The zero-order valence-corrected chi connectivity index (χ0v) is 14.1. The first-order chi connectivity index (χ1) is 12.0. The molecule has 0 amide bonds. The highest BCUT2D eigenvalue weighted by Gasteiger charge is 2.48. The van der Waals surface area contributed by atoms with Crippen molar-refractivity contribution in [2.45, 2.75) is 16.0 Å². The van der Waals surface area contributed by atoms with Crippen molar-refractivity contribution in [3.63, 3.8) is 0 Å². The van der Waals surface area contributed by atoms with Crippen LogP contribution in [0.2, 0.25) is 0 Å². The van der Waals surface area contributed by atoms with Gasteiger partial charge in [-0.3, -0.25) is 0 Å². The molecule has 3 rings (SSSR count). The van der Waals surface area contributed by atoms with E-state index in [1.165, 1.54) is 48.5 Å². The lowest BCUT2D eigenvalue weighted by Gasteiger charge is -2.32. The van der Waals surface area contributed by atoms with Gasteiger partial charge in [0.05, 0.1) is 4.90 Å². The van der Waals surface area contributed by atoms with Crippen LogP contribution in [-0.2, 0) is 15.4 Å². The molecule has 5 heteroatoms. The van der Waals surface area contributed by atoms with Crippen molar-refractivity contribution in [3.8, 4) is 0 Å². The molecule has 3 nitrogen and oxygen atoms in total. The zero-order valence-electron chi connectivity index (χ0n) is 13.3. The molecule has 0 fully saturated rings. The fraction of sp³-hybridized carbons (Fsp3) is 0.100. The van der Waals surface area contributed by atoms with E-state index in [1.807, 2.05) is 0 Å². The number of hydrogen-bond donors (Lipinski definition) is 1. The molecule has 3 aromatic rings. The molecule has 0 aromatic heterocycles. The quantitative estimate of drug-likeness (QED) is 0.758. The summed E-state index contributed by atoms with van der Waals surface area (Å²) in [5.41, 5.74) is -4.54. The third-order valence-electron chi connectivity index (χ3n) is 4.10. The Labute approximate surface area is 146 Å². The SMILES string of the molecule is O=S(=O)(c1ccccc1)C(F)C(O)(c1ccccc1)c1ccccc1. The van der Waals surface area contributed by atoms with Crippen LogP contribution in [0.1, 0.15) is 11.1 Å². The maximum atomic E-state index is 15.4. The number of hydrogen-bond acceptors (Lipinski definition) is 3. The molecule has 25 heavy (non-hydrogen) atoms. The van der Waals surface area contributed by atoms with Crippen molar-refractivity contribution in [1.82, 2.24) is 0 Å². The van der Waals surface area contributed by atoms with Crippen molar-refractivity contribution in [2.24, 2.45) is 0 Å². The van der Waals surface area contributed by atoms with E-state index in [-0.39, 0.29) is 16.0 Å². The van der Waals surface area contributed by atoms with Crippen molar-refractivity contribution >= 4 is 9.84 Å². The number of benzene rings is 3. The summed E-state index contributed by atoms with van der Waals surface area (Å²) in [6.45, 7) is 0. The second kappa shape index (κ2) is 6.78. The summed E-state index contributed by atoms with van der Waals surface area (Å²) in [5, 5.41) is 11.3. The molecule has 1 N–H and O–H groups in total. The minimum atomic E-state index is -4.41. The predicted molar refractivity (Wildman–Crippen MR) is 94.4 cm³/mol. The van der Waals surface area contributed by atoms with E-state index >= 15 is 4.39 Å². The Balaban J connectivity index is 2.19. The Morgan fingerprint density at radius 2 is 1.08 bits per heavy atom. The third-order valence-corrected chi connectivity index (χ3v) is 5.92. The Morgan fingerprint density at radius 1 is 0.720 bits per heavy atom. The van der Waals surface area contributed by atoms with Gasteiger partial charge in [0.25, 0.3) is 0 Å². The lowest BCUT2D eigenvalue weighted by molar-refractivity contribution is 0.0315. The second-order valence-corrected chi connectivity index (χ2v) is 7.65. The summed E-state index contributed by atoms with van der Waals surface area (Å²) >= 11 is 0. The Bertz CT molecular complexity index is 887. The van der Waals surface area contributed by atoms with Crippen molar-refractivity contribution in [1.29, 1.82) is 0 Å². The lowest BCUT2D eigenvalue weighted by atomic mass is 9.87. The van der Waals surface area contributed by atoms with Crippen LogP contribution >= 0.6 is 0 Å². The maximum Gasteiger partial charge on any atom is 0.241 e. The minimum Gasteiger partial charge on any atom is -0.376 e. The fourth-order valence-corrected chi connectivity index (χ4v) is 4.26. The summed E-state index contributed by atoms with van der Waals surface area (Å²) in [6.07, 6.45) is 0. The lowest BCUT2D eigenvalue weighted by Crippen LogP contribution is -2.42. The maximum absolute atomic E-state index is 15.4. The van der Waals surface area contributed by atoms with Gasteiger partial charge in [-0.25, -0.2) is 12.8 Å². The fourth-order valence-electron chi connectivity index (χ4n) is 2.77. The van der Waals surface area contributed by atoms with Gasteiger partial charge in [-0.05, 0) is 23.3 Å². The van der Waals surface area contributed by atoms with Gasteiger partial charge in [-0.2, -0.15) is 0 Å². The average Bonchev–Trinajstić information content (AvgIpc) is 2.68. The van der Waals surface area contributed by atoms with Crippen LogP contribution in [-0.4, -0.2) is 19.0 Å². The second-order valence-electron chi connectivity index (χ2n) is 5.67. The first-order valence-corrected chi connectivity index (χ1v) is 9.28. The van der Waals surface area contributed by atoms with Crippen LogP contribution in [0.15, 0.2) is 95.9 Å². The molecule has 0 aliphatic carbocycles. The van der Waals surface area contributed by atoms with Gasteiger partial charge >= 0.3 is 0 Å². The van der Waals surface area contributed by atoms with Crippen LogP contribution in [0.4, 0.5) is 4.39 Å². The van der Waals surface area contributed by atoms with E-state index in [2.05, 4.69) is 0 Å². The van der Waals surface area contributed by atoms with E-state index in [4.69, 9.17) is 0 Å². The largest absolute Gasteiger partial charge is 0.376 e. The van der Waals surface area contributed by atoms with Crippen molar-refractivity contribution < 1.29 is 17.9 Å². The molecule has 0 aliphatic rings. The molecule has 0 saturated heterocycles. The standard InChI is InChI=1S/C20H17FO3S/c21-19(25(23,24)18-14-8-3-9-15-18)20(22,16-10-4-1-5-11-16)17-12-6-2-7-13-17/h1-15,19,22H. The van der Waals surface area contributed by atoms with Gasteiger partial charge in [-0.15, -0.1) is 0 Å². The third kappa shape index (κ3) is 3.08. The first-order valence-electron chi connectivity index (χ1n) is 7.74. The average molecular weight is 356 g/mol. The first kappa shape index (κ1) is 17.3. The van der Waals surface area contributed by atoms with Crippen LogP contribution in [0.25, 0.3) is 0 Å². The molecule has 0 bridgehead atoms. The number of alkyl halides is 1. The molecule has 0 spiro atoms. The van der Waals surface area contributed by atoms with Gasteiger partial charge in [0.15, 0.2) is 5.60 Å². The van der Waals surface area contributed by atoms with E-state index < -0.39 is 20.9 Å². The normalized spacial score (nSPS) is 13.4. The molecule has 128 valence electrons. The number of sulfone groups is 1. The van der Waals surface area contributed by atoms with Crippen molar-refractivity contribution in [2.75, 3.05) is 0 Å². The summed E-state index contributed by atoms with van der Waals surface area (Å²) in [6, 6.07) is 23.3. The zero-order chi connectivity index (χ0) is 17.9. The van der Waals surface area contributed by atoms with E-state index in [0.29, 0.717) is 0 Å². The Kier molecular flexibility index (Phi) is 4.70. The highest BCUT2D eigenvalue weighted by atomic mass is 32.2. The van der Waals surface area contributed by atoms with Crippen LogP contribution in [0.5, 0.6) is 0 Å². The van der Waals surface area contributed by atoms with Crippen LogP contribution < -0.4 is 0 Å². The topological polar surface area (TPSA) is 54.4 Å². The Hall–Kier alpha value is -2.50. The predicted octanol–water partition coefficient (Wildman–Crippen LogP) is 3.69. The monoisotopic (exact) mass is 356 g/mol. The molecule has 3 aromatic carbocycles. The smallest absolute Gasteiger partial charge is 0.241 e. The minimum absolute atomic E-state index is 0.173. The molecule has 1 unspecified atom stereocenters. The van der Waals surface area contributed by atoms with Gasteiger partial charge < -0.3 is 5.11 Å². The highest BCUT2D eigenvalue weighted by molar-refractivity contribution is 7.92. The molecule has 0 aliphatic heterocycles. The summed E-state index contributed by atoms with van der Waals surface area (Å²) in [7, 11) is -4.41. The molecule has 0 saturated carbocycles. The van der Waals surface area contributed by atoms with E-state index in [0.717, 1.165) is 0 Å². The summed E-state index contributed by atoms with van der Waals surface area (Å²) < 4.78 is 41.0. The number of aliphatic hydroxyl groups is 1.